The summed E-state index contributed by atoms with van der Waals surface area (Å²) in [7, 11) is 0. The summed E-state index contributed by atoms with van der Waals surface area (Å²) in [5, 5.41) is 0. The largest absolute Gasteiger partial charge is 0.493 e. The maximum absolute atomic E-state index is 12.2. The summed E-state index contributed by atoms with van der Waals surface area (Å²) in [5.74, 6) is 0.685. The zero-order valence-electron chi connectivity index (χ0n) is 21.5. The quantitative estimate of drug-likeness (QED) is 0.0801. The molecule has 1 aromatic rings. The molecule has 0 unspecified atom stereocenters. The molecule has 0 amide bonds. The van der Waals surface area contributed by atoms with Gasteiger partial charge in [-0.05, 0) is 49.9 Å². The van der Waals surface area contributed by atoms with E-state index < -0.39 is 5.97 Å². The average molecular weight is 461 g/mol. The topological polar surface area (TPSA) is 52.6 Å². The molecule has 4 heteroatoms. The van der Waals surface area contributed by atoms with Crippen LogP contribution in [0, 0.1) is 5.92 Å². The average Bonchev–Trinajstić information content (AvgIpc) is 2.81. The summed E-state index contributed by atoms with van der Waals surface area (Å²) < 4.78 is 11.0. The van der Waals surface area contributed by atoms with Crippen molar-refractivity contribution in [1.82, 2.24) is 0 Å². The molecule has 0 heterocycles. The lowest BCUT2D eigenvalue weighted by Gasteiger charge is -2.18. The van der Waals surface area contributed by atoms with Crippen LogP contribution in [0.15, 0.2) is 24.3 Å². The molecule has 0 bridgehead atoms. The highest BCUT2D eigenvalue weighted by Crippen LogP contribution is 2.22. The highest BCUT2D eigenvalue weighted by Gasteiger charge is 2.14. The summed E-state index contributed by atoms with van der Waals surface area (Å²) in [6.07, 6.45) is 18.2. The molecule has 0 fully saturated rings. The number of benzene rings is 1. The lowest BCUT2D eigenvalue weighted by atomic mass is 9.94. The second-order valence-corrected chi connectivity index (χ2v) is 9.22. The zero-order valence-corrected chi connectivity index (χ0v) is 21.5. The lowest BCUT2D eigenvalue weighted by molar-refractivity contribution is -0.141. The summed E-state index contributed by atoms with van der Waals surface area (Å²) in [4.78, 5) is 23.7. The Hall–Kier alpha value is -1.84. The first-order chi connectivity index (χ1) is 16.1. The van der Waals surface area contributed by atoms with Gasteiger partial charge in [-0.15, -0.1) is 0 Å². The van der Waals surface area contributed by atoms with Gasteiger partial charge in [-0.1, -0.05) is 90.9 Å². The molecule has 1 rings (SSSR count). The number of hydrogen-bond acceptors (Lipinski definition) is 4. The van der Waals surface area contributed by atoms with Gasteiger partial charge >= 0.3 is 5.97 Å². The first kappa shape index (κ1) is 29.2. The van der Waals surface area contributed by atoms with E-state index in [2.05, 4.69) is 13.8 Å². The number of hydrogen-bond donors (Lipinski definition) is 0. The van der Waals surface area contributed by atoms with Crippen molar-refractivity contribution >= 4 is 11.8 Å². The summed E-state index contributed by atoms with van der Waals surface area (Å²) in [6.45, 7) is 7.28. The standard InChI is InChI=1S/C29H48O4/c1-4-7-9-11-13-15-17-25(18-16-14-12-10-8-5-2)24-33-27-21-19-26(20-22-27)28(30)23-29(31)32-6-3/h19-22,25H,4-18,23-24H2,1-3H3. The molecular formula is C29H48O4. The van der Waals surface area contributed by atoms with Gasteiger partial charge in [0.1, 0.15) is 12.2 Å². The van der Waals surface area contributed by atoms with Crippen molar-refractivity contribution in [3.63, 3.8) is 0 Å². The highest BCUT2D eigenvalue weighted by molar-refractivity contribution is 6.05. The van der Waals surface area contributed by atoms with Crippen LogP contribution < -0.4 is 4.74 Å². The summed E-state index contributed by atoms with van der Waals surface area (Å²) >= 11 is 0. The minimum atomic E-state index is -0.477. The maximum atomic E-state index is 12.2. The normalized spacial score (nSPS) is 11.0. The zero-order chi connectivity index (χ0) is 24.2. The van der Waals surface area contributed by atoms with Crippen LogP contribution in [0.25, 0.3) is 0 Å². The van der Waals surface area contributed by atoms with E-state index in [1.807, 2.05) is 12.1 Å². The smallest absolute Gasteiger partial charge is 0.313 e. The van der Waals surface area contributed by atoms with E-state index in [1.54, 1.807) is 19.1 Å². The second kappa shape index (κ2) is 19.6. The van der Waals surface area contributed by atoms with Crippen LogP contribution in [0.3, 0.4) is 0 Å². The predicted molar refractivity (Wildman–Crippen MR) is 137 cm³/mol. The molecule has 0 aromatic heterocycles. The minimum Gasteiger partial charge on any atom is -0.493 e. The molecule has 4 nitrogen and oxygen atoms in total. The van der Waals surface area contributed by atoms with Gasteiger partial charge in [0.25, 0.3) is 0 Å². The Morgan fingerprint density at radius 1 is 0.727 bits per heavy atom. The Labute approximate surface area is 202 Å². The Kier molecular flexibility index (Phi) is 17.4. The van der Waals surface area contributed by atoms with E-state index >= 15 is 0 Å². The Morgan fingerprint density at radius 3 is 1.76 bits per heavy atom. The number of carbonyl (C=O) groups is 2. The number of carbonyl (C=O) groups excluding carboxylic acids is 2. The first-order valence-corrected chi connectivity index (χ1v) is 13.5. The second-order valence-electron chi connectivity index (χ2n) is 9.22. The van der Waals surface area contributed by atoms with Crippen molar-refractivity contribution in [3.05, 3.63) is 29.8 Å². The van der Waals surface area contributed by atoms with E-state index in [-0.39, 0.29) is 18.8 Å². The molecule has 33 heavy (non-hydrogen) atoms. The van der Waals surface area contributed by atoms with Crippen LogP contribution in [0.4, 0.5) is 0 Å². The van der Waals surface area contributed by atoms with Gasteiger partial charge in [-0.25, -0.2) is 0 Å². The van der Waals surface area contributed by atoms with Crippen LogP contribution in [0.2, 0.25) is 0 Å². The van der Waals surface area contributed by atoms with Crippen molar-refractivity contribution in [2.45, 2.75) is 117 Å². The van der Waals surface area contributed by atoms with Gasteiger partial charge in [0.2, 0.25) is 0 Å². The van der Waals surface area contributed by atoms with Gasteiger partial charge in [0.15, 0.2) is 5.78 Å². The molecule has 0 aliphatic rings. The Morgan fingerprint density at radius 2 is 1.24 bits per heavy atom. The molecule has 0 N–H and O–H groups in total. The fraction of sp³-hybridized carbons (Fsp3) is 0.724. The van der Waals surface area contributed by atoms with Crippen molar-refractivity contribution in [2.24, 2.45) is 5.92 Å². The van der Waals surface area contributed by atoms with Crippen molar-refractivity contribution in [3.8, 4) is 5.75 Å². The van der Waals surface area contributed by atoms with Crippen LogP contribution in [0.5, 0.6) is 5.75 Å². The van der Waals surface area contributed by atoms with Crippen LogP contribution in [-0.2, 0) is 9.53 Å². The molecule has 188 valence electrons. The van der Waals surface area contributed by atoms with E-state index in [0.717, 1.165) is 12.4 Å². The summed E-state index contributed by atoms with van der Waals surface area (Å²) in [5.41, 5.74) is 0.520. The number of ketones is 1. The number of Topliss-reactive ketones (excluding diaryl/α,β-unsaturated/α-hetero) is 1. The first-order valence-electron chi connectivity index (χ1n) is 13.5. The Bertz CT molecular complexity index is 607. The lowest BCUT2D eigenvalue weighted by Crippen LogP contribution is -2.13. The van der Waals surface area contributed by atoms with Gasteiger partial charge in [-0.2, -0.15) is 0 Å². The number of unbranched alkanes of at least 4 members (excludes halogenated alkanes) is 10. The van der Waals surface area contributed by atoms with Crippen molar-refractivity contribution < 1.29 is 19.1 Å². The van der Waals surface area contributed by atoms with E-state index in [4.69, 9.17) is 9.47 Å². The third-order valence-corrected chi connectivity index (χ3v) is 6.20. The molecule has 1 aromatic carbocycles. The molecule has 0 spiro atoms. The fourth-order valence-electron chi connectivity index (χ4n) is 4.13. The Balaban J connectivity index is 2.46. The molecule has 0 saturated carbocycles. The van der Waals surface area contributed by atoms with E-state index in [0.29, 0.717) is 11.5 Å². The van der Waals surface area contributed by atoms with E-state index in [9.17, 15) is 9.59 Å². The van der Waals surface area contributed by atoms with Gasteiger partial charge < -0.3 is 9.47 Å². The minimum absolute atomic E-state index is 0.216. The van der Waals surface area contributed by atoms with Crippen LogP contribution >= 0.6 is 0 Å². The highest BCUT2D eigenvalue weighted by atomic mass is 16.5. The predicted octanol–water partition coefficient (Wildman–Crippen LogP) is 8.32. The molecular weight excluding hydrogens is 412 g/mol. The number of ether oxygens (including phenoxy) is 2. The van der Waals surface area contributed by atoms with Crippen molar-refractivity contribution in [1.29, 1.82) is 0 Å². The van der Waals surface area contributed by atoms with Crippen LogP contribution in [0.1, 0.15) is 127 Å². The molecule has 0 atom stereocenters. The van der Waals surface area contributed by atoms with Gasteiger partial charge in [0, 0.05) is 5.56 Å². The molecule has 0 saturated heterocycles. The van der Waals surface area contributed by atoms with Gasteiger partial charge in [-0.3, -0.25) is 9.59 Å². The third-order valence-electron chi connectivity index (χ3n) is 6.20. The fourth-order valence-corrected chi connectivity index (χ4v) is 4.13. The number of rotatable bonds is 21. The monoisotopic (exact) mass is 460 g/mol. The third kappa shape index (κ3) is 14.8. The summed E-state index contributed by atoms with van der Waals surface area (Å²) in [6, 6.07) is 7.16. The number of esters is 1. The SMILES string of the molecule is CCCCCCCCC(CCCCCCCC)COc1ccc(C(=O)CC(=O)OCC)cc1. The van der Waals surface area contributed by atoms with Crippen molar-refractivity contribution in [2.75, 3.05) is 13.2 Å². The van der Waals surface area contributed by atoms with Gasteiger partial charge in [0.05, 0.1) is 13.2 Å². The molecule has 0 aliphatic carbocycles. The molecule has 0 radical (unpaired) electrons. The maximum Gasteiger partial charge on any atom is 0.313 e. The van der Waals surface area contributed by atoms with Crippen LogP contribution in [-0.4, -0.2) is 25.0 Å². The molecule has 0 aliphatic heterocycles. The van der Waals surface area contributed by atoms with E-state index in [1.165, 1.54) is 89.9 Å².